The molecule has 1 N–H and O–H groups in total. The van der Waals surface area contributed by atoms with E-state index in [0.29, 0.717) is 16.3 Å². The molecule has 0 aromatic heterocycles. The molecule has 2 amide bonds. The van der Waals surface area contributed by atoms with Crippen LogP contribution < -0.4 is 5.32 Å². The van der Waals surface area contributed by atoms with Crippen molar-refractivity contribution in [2.24, 2.45) is 0 Å². The number of halogens is 2. The number of hydrogen-bond acceptors (Lipinski definition) is 4. The van der Waals surface area contributed by atoms with Crippen LogP contribution in [0.15, 0.2) is 53.0 Å². The summed E-state index contributed by atoms with van der Waals surface area (Å²) in [6.07, 6.45) is 0. The third-order valence-electron chi connectivity index (χ3n) is 3.53. The maximum absolute atomic E-state index is 12.3. The summed E-state index contributed by atoms with van der Waals surface area (Å²) in [7, 11) is -2.27. The minimum atomic E-state index is -3.66. The Morgan fingerprint density at radius 3 is 2.52 bits per heavy atom. The van der Waals surface area contributed by atoms with Gasteiger partial charge in [-0.25, -0.2) is 8.42 Å². The van der Waals surface area contributed by atoms with E-state index in [2.05, 4.69) is 21.2 Å². The van der Waals surface area contributed by atoms with Crippen molar-refractivity contribution in [1.29, 1.82) is 0 Å². The van der Waals surface area contributed by atoms with E-state index in [1.807, 2.05) is 0 Å². The summed E-state index contributed by atoms with van der Waals surface area (Å²) in [6, 6.07) is 13.5. The fourth-order valence-corrected chi connectivity index (χ4v) is 4.32. The van der Waals surface area contributed by atoms with Gasteiger partial charge in [0.1, 0.15) is 5.75 Å². The number of rotatable bonds is 7. The number of benzene rings is 2. The number of hydrogen-bond donors (Lipinski definition) is 1. The summed E-state index contributed by atoms with van der Waals surface area (Å²) in [5, 5.41) is 3.07. The van der Waals surface area contributed by atoms with Crippen LogP contribution in [0.5, 0.6) is 0 Å². The van der Waals surface area contributed by atoms with Crippen LogP contribution in [0.1, 0.15) is 5.56 Å². The summed E-state index contributed by atoms with van der Waals surface area (Å²) < 4.78 is 25.3. The smallest absolute Gasteiger partial charge is 0.243 e. The SMILES string of the molecule is CN(CC(=O)Nc1cccc(Cl)c1)C(=O)CS(=O)(=O)Cc1cccc(Br)c1. The van der Waals surface area contributed by atoms with Gasteiger partial charge in [0.2, 0.25) is 11.8 Å². The molecule has 0 aliphatic carbocycles. The lowest BCUT2D eigenvalue weighted by molar-refractivity contribution is -0.131. The maximum Gasteiger partial charge on any atom is 0.243 e. The molecule has 27 heavy (non-hydrogen) atoms. The lowest BCUT2D eigenvalue weighted by Gasteiger charge is -2.17. The number of sulfone groups is 1. The summed E-state index contributed by atoms with van der Waals surface area (Å²) in [6.45, 7) is -0.266. The first-order valence-electron chi connectivity index (χ1n) is 7.89. The Morgan fingerprint density at radius 1 is 1.15 bits per heavy atom. The summed E-state index contributed by atoms with van der Waals surface area (Å²) in [5.41, 5.74) is 1.08. The van der Waals surface area contributed by atoms with Gasteiger partial charge in [-0.2, -0.15) is 0 Å². The van der Waals surface area contributed by atoms with E-state index < -0.39 is 27.4 Å². The minimum Gasteiger partial charge on any atom is -0.336 e. The van der Waals surface area contributed by atoms with Crippen molar-refractivity contribution in [1.82, 2.24) is 4.90 Å². The van der Waals surface area contributed by atoms with Crippen LogP contribution in [-0.4, -0.2) is 44.5 Å². The molecule has 0 fully saturated rings. The average molecular weight is 474 g/mol. The summed E-state index contributed by atoms with van der Waals surface area (Å²) in [4.78, 5) is 25.3. The number of likely N-dealkylation sites (N-methyl/N-ethyl adjacent to an activating group) is 1. The molecule has 0 heterocycles. The zero-order chi connectivity index (χ0) is 20.0. The van der Waals surface area contributed by atoms with Crippen LogP contribution in [-0.2, 0) is 25.2 Å². The molecule has 2 aromatic rings. The average Bonchev–Trinajstić information content (AvgIpc) is 2.53. The minimum absolute atomic E-state index is 0.249. The highest BCUT2D eigenvalue weighted by Crippen LogP contribution is 2.16. The Bertz CT molecular complexity index is 950. The van der Waals surface area contributed by atoms with Crippen molar-refractivity contribution in [2.45, 2.75) is 5.75 Å². The molecular formula is C18H18BrClN2O4S. The number of amides is 2. The zero-order valence-electron chi connectivity index (χ0n) is 14.5. The predicted molar refractivity (Wildman–Crippen MR) is 109 cm³/mol. The van der Waals surface area contributed by atoms with Crippen molar-refractivity contribution in [2.75, 3.05) is 24.7 Å². The molecule has 0 bridgehead atoms. The lowest BCUT2D eigenvalue weighted by Crippen LogP contribution is -2.38. The van der Waals surface area contributed by atoms with E-state index >= 15 is 0 Å². The van der Waals surface area contributed by atoms with Crippen LogP contribution in [0, 0.1) is 0 Å². The molecular weight excluding hydrogens is 456 g/mol. The molecule has 0 aliphatic rings. The molecule has 2 rings (SSSR count). The number of anilines is 1. The van der Waals surface area contributed by atoms with E-state index in [1.165, 1.54) is 7.05 Å². The molecule has 144 valence electrons. The second-order valence-electron chi connectivity index (χ2n) is 5.97. The van der Waals surface area contributed by atoms with Gasteiger partial charge in [-0.3, -0.25) is 9.59 Å². The Hall–Kier alpha value is -1.90. The third-order valence-corrected chi connectivity index (χ3v) is 5.72. The highest BCUT2D eigenvalue weighted by molar-refractivity contribution is 9.10. The monoisotopic (exact) mass is 472 g/mol. The first kappa shape index (κ1) is 21.4. The van der Waals surface area contributed by atoms with E-state index in [9.17, 15) is 18.0 Å². The maximum atomic E-state index is 12.3. The zero-order valence-corrected chi connectivity index (χ0v) is 17.6. The van der Waals surface area contributed by atoms with Crippen molar-refractivity contribution >= 4 is 54.9 Å². The Labute approximate surface area is 171 Å². The lowest BCUT2D eigenvalue weighted by atomic mass is 10.2. The largest absolute Gasteiger partial charge is 0.336 e. The van der Waals surface area contributed by atoms with E-state index in [-0.39, 0.29) is 12.3 Å². The molecule has 9 heteroatoms. The molecule has 0 spiro atoms. The fraction of sp³-hybridized carbons (Fsp3) is 0.222. The predicted octanol–water partition coefficient (Wildman–Crippen LogP) is 3.11. The fourth-order valence-electron chi connectivity index (χ4n) is 2.30. The number of carbonyl (C=O) groups is 2. The molecule has 0 unspecified atom stereocenters. The van der Waals surface area contributed by atoms with Crippen LogP contribution >= 0.6 is 27.5 Å². The van der Waals surface area contributed by atoms with Gasteiger partial charge < -0.3 is 10.2 Å². The van der Waals surface area contributed by atoms with Gasteiger partial charge in [-0.15, -0.1) is 0 Å². The van der Waals surface area contributed by atoms with Crippen LogP contribution in [0.4, 0.5) is 5.69 Å². The molecule has 0 saturated carbocycles. The van der Waals surface area contributed by atoms with Crippen molar-refractivity contribution in [3.05, 3.63) is 63.6 Å². The second-order valence-corrected chi connectivity index (χ2v) is 9.39. The van der Waals surface area contributed by atoms with Crippen LogP contribution in [0.3, 0.4) is 0 Å². The molecule has 0 radical (unpaired) electrons. The van der Waals surface area contributed by atoms with Crippen LogP contribution in [0.25, 0.3) is 0 Å². The van der Waals surface area contributed by atoms with Crippen molar-refractivity contribution in [3.63, 3.8) is 0 Å². The van der Waals surface area contributed by atoms with Gasteiger partial charge in [0.15, 0.2) is 9.84 Å². The van der Waals surface area contributed by atoms with Crippen molar-refractivity contribution in [3.8, 4) is 0 Å². The van der Waals surface area contributed by atoms with Gasteiger partial charge in [0.05, 0.1) is 12.3 Å². The molecule has 0 saturated heterocycles. The third kappa shape index (κ3) is 7.32. The standard InChI is InChI=1S/C18H18BrClN2O4S/c1-22(10-17(23)21-16-7-3-6-15(20)9-16)18(24)12-27(25,26)11-13-4-2-5-14(19)8-13/h2-9H,10-12H2,1H3,(H,21,23). The van der Waals surface area contributed by atoms with Crippen LogP contribution in [0.2, 0.25) is 5.02 Å². The van der Waals surface area contributed by atoms with E-state index in [0.717, 1.165) is 9.37 Å². The van der Waals surface area contributed by atoms with Gasteiger partial charge in [-0.05, 0) is 35.9 Å². The quantitative estimate of drug-likeness (QED) is 0.670. The van der Waals surface area contributed by atoms with Gasteiger partial charge in [-0.1, -0.05) is 45.7 Å². The van der Waals surface area contributed by atoms with Gasteiger partial charge in [0, 0.05) is 22.2 Å². The first-order valence-corrected chi connectivity index (χ1v) is 10.9. The topological polar surface area (TPSA) is 83.6 Å². The molecule has 2 aromatic carbocycles. The summed E-state index contributed by atoms with van der Waals surface area (Å²) >= 11 is 9.13. The van der Waals surface area contributed by atoms with E-state index in [1.54, 1.807) is 48.5 Å². The Kier molecular flexibility index (Phi) is 7.41. The normalized spacial score (nSPS) is 11.1. The van der Waals surface area contributed by atoms with E-state index in [4.69, 9.17) is 11.6 Å². The molecule has 0 aliphatic heterocycles. The first-order chi connectivity index (χ1) is 12.6. The number of carbonyl (C=O) groups excluding carboxylic acids is 2. The summed E-state index contributed by atoms with van der Waals surface area (Å²) in [5.74, 6) is -2.01. The Morgan fingerprint density at radius 2 is 1.85 bits per heavy atom. The van der Waals surface area contributed by atoms with Gasteiger partial charge >= 0.3 is 0 Å². The van der Waals surface area contributed by atoms with Crippen molar-refractivity contribution < 1.29 is 18.0 Å². The molecule has 6 nitrogen and oxygen atoms in total. The molecule has 0 atom stereocenters. The highest BCUT2D eigenvalue weighted by Gasteiger charge is 2.21. The second kappa shape index (κ2) is 9.34. The Balaban J connectivity index is 1.91. The number of nitrogens with zero attached hydrogens (tertiary/aromatic N) is 1. The highest BCUT2D eigenvalue weighted by atomic mass is 79.9. The van der Waals surface area contributed by atoms with Gasteiger partial charge in [0.25, 0.3) is 0 Å². The number of nitrogens with one attached hydrogen (secondary N) is 1.